The fourth-order valence-corrected chi connectivity index (χ4v) is 2.84. The molecule has 1 fully saturated rings. The summed E-state index contributed by atoms with van der Waals surface area (Å²) in [5, 5.41) is 4.11. The van der Waals surface area contributed by atoms with Crippen molar-refractivity contribution in [2.75, 3.05) is 19.8 Å². The van der Waals surface area contributed by atoms with E-state index in [4.69, 9.17) is 10.5 Å². The molecule has 1 aliphatic heterocycles. The Labute approximate surface area is 123 Å². The van der Waals surface area contributed by atoms with E-state index in [1.807, 2.05) is 30.5 Å². The molecule has 5 nitrogen and oxygen atoms in total. The van der Waals surface area contributed by atoms with Crippen molar-refractivity contribution < 1.29 is 9.53 Å². The number of fused-ring (bicyclic) bond motifs is 1. The van der Waals surface area contributed by atoms with Crippen molar-refractivity contribution in [3.63, 3.8) is 0 Å². The summed E-state index contributed by atoms with van der Waals surface area (Å²) >= 11 is 0. The van der Waals surface area contributed by atoms with Crippen LogP contribution < -0.4 is 11.1 Å². The second kappa shape index (κ2) is 6.20. The number of hydrogen-bond donors (Lipinski definition) is 2. The van der Waals surface area contributed by atoms with Crippen molar-refractivity contribution in [1.82, 2.24) is 10.3 Å². The van der Waals surface area contributed by atoms with Gasteiger partial charge in [-0.15, -0.1) is 0 Å². The van der Waals surface area contributed by atoms with Gasteiger partial charge in [-0.1, -0.05) is 18.2 Å². The first-order chi connectivity index (χ1) is 10.3. The van der Waals surface area contributed by atoms with E-state index in [1.165, 1.54) is 5.56 Å². The van der Waals surface area contributed by atoms with E-state index in [9.17, 15) is 4.79 Å². The van der Waals surface area contributed by atoms with Crippen LogP contribution in [0.2, 0.25) is 0 Å². The number of aromatic nitrogens is 1. The lowest BCUT2D eigenvalue weighted by molar-refractivity contribution is -0.120. The van der Waals surface area contributed by atoms with Crippen molar-refractivity contribution in [1.29, 1.82) is 0 Å². The van der Waals surface area contributed by atoms with Crippen LogP contribution in [0.15, 0.2) is 36.5 Å². The number of amides is 1. The average molecular weight is 285 g/mol. The van der Waals surface area contributed by atoms with Crippen molar-refractivity contribution >= 4 is 16.8 Å². The number of rotatable bonds is 4. The molecule has 2 heterocycles. The molecule has 110 valence electrons. The maximum Gasteiger partial charge on any atom is 0.234 e. The van der Waals surface area contributed by atoms with Gasteiger partial charge in [0.1, 0.15) is 0 Å². The standard InChI is InChI=1S/C16H19N3O2/c17-8-16(20)19-15-10-21-9-12(15)7-11-5-6-18-14-4-2-1-3-13(11)14/h1-6,12,15H,7-10,17H2,(H,19,20)/t12-,15-/m1/s1. The van der Waals surface area contributed by atoms with Gasteiger partial charge in [-0.25, -0.2) is 0 Å². The molecule has 0 spiro atoms. The highest BCUT2D eigenvalue weighted by molar-refractivity contribution is 5.82. The van der Waals surface area contributed by atoms with Crippen LogP contribution in [0.25, 0.3) is 10.9 Å². The Balaban J connectivity index is 1.79. The van der Waals surface area contributed by atoms with Crippen molar-refractivity contribution in [3.8, 4) is 0 Å². The topological polar surface area (TPSA) is 77.2 Å². The van der Waals surface area contributed by atoms with Gasteiger partial charge in [-0.3, -0.25) is 9.78 Å². The van der Waals surface area contributed by atoms with Crippen LogP contribution in [0.5, 0.6) is 0 Å². The number of nitrogens with one attached hydrogen (secondary N) is 1. The van der Waals surface area contributed by atoms with Gasteiger partial charge < -0.3 is 15.8 Å². The summed E-state index contributed by atoms with van der Waals surface area (Å²) in [4.78, 5) is 15.9. The summed E-state index contributed by atoms with van der Waals surface area (Å²) in [7, 11) is 0. The molecule has 0 unspecified atom stereocenters. The van der Waals surface area contributed by atoms with E-state index in [-0.39, 0.29) is 24.4 Å². The summed E-state index contributed by atoms with van der Waals surface area (Å²) in [5.41, 5.74) is 7.60. The summed E-state index contributed by atoms with van der Waals surface area (Å²) < 4.78 is 5.53. The number of nitrogens with zero attached hydrogens (tertiary/aromatic N) is 1. The minimum absolute atomic E-state index is 0.0153. The van der Waals surface area contributed by atoms with Gasteiger partial charge in [0.05, 0.1) is 31.3 Å². The lowest BCUT2D eigenvalue weighted by atomic mass is 9.93. The molecule has 3 N–H and O–H groups in total. The van der Waals surface area contributed by atoms with E-state index in [2.05, 4.69) is 16.4 Å². The van der Waals surface area contributed by atoms with E-state index >= 15 is 0 Å². The van der Waals surface area contributed by atoms with E-state index in [1.54, 1.807) is 0 Å². The maximum absolute atomic E-state index is 11.5. The average Bonchev–Trinajstić information content (AvgIpc) is 2.94. The van der Waals surface area contributed by atoms with Gasteiger partial charge in [-0.05, 0) is 24.1 Å². The molecule has 3 rings (SSSR count). The number of pyridine rings is 1. The summed E-state index contributed by atoms with van der Waals surface area (Å²) in [6.07, 6.45) is 2.69. The van der Waals surface area contributed by atoms with E-state index < -0.39 is 0 Å². The Hall–Kier alpha value is -1.98. The second-order valence-electron chi connectivity index (χ2n) is 5.37. The van der Waals surface area contributed by atoms with Crippen LogP contribution in [0.4, 0.5) is 0 Å². The van der Waals surface area contributed by atoms with Crippen LogP contribution in [0, 0.1) is 5.92 Å². The van der Waals surface area contributed by atoms with Crippen LogP contribution in [-0.2, 0) is 16.0 Å². The first kappa shape index (κ1) is 14.0. The molecule has 1 aromatic carbocycles. The first-order valence-electron chi connectivity index (χ1n) is 7.17. The Morgan fingerprint density at radius 3 is 3.05 bits per heavy atom. The number of para-hydroxylation sites is 1. The Bertz CT molecular complexity index is 639. The summed E-state index contributed by atoms with van der Waals surface area (Å²) in [6.45, 7) is 1.23. The Morgan fingerprint density at radius 2 is 2.19 bits per heavy atom. The lowest BCUT2D eigenvalue weighted by Crippen LogP contribution is -2.43. The van der Waals surface area contributed by atoms with Crippen molar-refractivity contribution in [2.24, 2.45) is 11.7 Å². The van der Waals surface area contributed by atoms with Crippen molar-refractivity contribution in [2.45, 2.75) is 12.5 Å². The highest BCUT2D eigenvalue weighted by atomic mass is 16.5. The molecule has 1 aliphatic rings. The smallest absolute Gasteiger partial charge is 0.234 e. The molecule has 1 saturated heterocycles. The fraction of sp³-hybridized carbons (Fsp3) is 0.375. The number of hydrogen-bond acceptors (Lipinski definition) is 4. The number of nitrogens with two attached hydrogens (primary N) is 1. The van der Waals surface area contributed by atoms with Gasteiger partial charge in [-0.2, -0.15) is 0 Å². The van der Waals surface area contributed by atoms with Gasteiger partial charge in [0.25, 0.3) is 0 Å². The van der Waals surface area contributed by atoms with Gasteiger partial charge >= 0.3 is 0 Å². The molecular weight excluding hydrogens is 266 g/mol. The van der Waals surface area contributed by atoms with Crippen LogP contribution in [-0.4, -0.2) is 36.7 Å². The molecule has 5 heteroatoms. The fourth-order valence-electron chi connectivity index (χ4n) is 2.84. The summed E-state index contributed by atoms with van der Waals surface area (Å²) in [5.74, 6) is 0.140. The van der Waals surface area contributed by atoms with E-state index in [0.717, 1.165) is 17.3 Å². The quantitative estimate of drug-likeness (QED) is 0.873. The van der Waals surface area contributed by atoms with Crippen LogP contribution in [0.3, 0.4) is 0 Å². The molecule has 2 aromatic rings. The first-order valence-corrected chi connectivity index (χ1v) is 7.17. The third-order valence-corrected chi connectivity index (χ3v) is 3.95. The predicted molar refractivity (Wildman–Crippen MR) is 80.7 cm³/mol. The molecular formula is C16H19N3O2. The maximum atomic E-state index is 11.5. The van der Waals surface area contributed by atoms with Crippen molar-refractivity contribution in [3.05, 3.63) is 42.1 Å². The number of carbonyl (C=O) groups excluding carboxylic acids is 1. The third kappa shape index (κ3) is 3.04. The van der Waals surface area contributed by atoms with Gasteiger partial charge in [0.15, 0.2) is 0 Å². The predicted octanol–water partition coefficient (Wildman–Crippen LogP) is 0.867. The highest BCUT2D eigenvalue weighted by Crippen LogP contribution is 2.24. The second-order valence-corrected chi connectivity index (χ2v) is 5.37. The molecule has 0 radical (unpaired) electrons. The van der Waals surface area contributed by atoms with Gasteiger partial charge in [0.2, 0.25) is 5.91 Å². The molecule has 1 amide bonds. The minimum atomic E-state index is -0.130. The monoisotopic (exact) mass is 285 g/mol. The Kier molecular flexibility index (Phi) is 4.13. The van der Waals surface area contributed by atoms with Crippen LogP contribution >= 0.6 is 0 Å². The molecule has 0 saturated carbocycles. The zero-order valence-electron chi connectivity index (χ0n) is 11.8. The molecule has 0 bridgehead atoms. The van der Waals surface area contributed by atoms with Gasteiger partial charge in [0, 0.05) is 17.5 Å². The Morgan fingerprint density at radius 1 is 1.33 bits per heavy atom. The summed E-state index contributed by atoms with van der Waals surface area (Å²) in [6, 6.07) is 10.2. The number of carbonyl (C=O) groups is 1. The molecule has 21 heavy (non-hydrogen) atoms. The minimum Gasteiger partial charge on any atom is -0.379 e. The zero-order chi connectivity index (χ0) is 14.7. The SMILES string of the molecule is NCC(=O)N[C@@H]1COC[C@H]1Cc1ccnc2ccccc12. The van der Waals surface area contributed by atoms with Crippen LogP contribution in [0.1, 0.15) is 5.56 Å². The number of benzene rings is 1. The van der Waals surface area contributed by atoms with E-state index in [0.29, 0.717) is 13.2 Å². The third-order valence-electron chi connectivity index (χ3n) is 3.95. The molecule has 1 aromatic heterocycles. The zero-order valence-corrected chi connectivity index (χ0v) is 11.8. The largest absolute Gasteiger partial charge is 0.379 e. The molecule has 2 atom stereocenters. The molecule has 0 aliphatic carbocycles. The normalized spacial score (nSPS) is 21.6. The lowest BCUT2D eigenvalue weighted by Gasteiger charge is -2.19. The number of ether oxygens (including phenoxy) is 1. The highest BCUT2D eigenvalue weighted by Gasteiger charge is 2.29.